The normalized spacial score (nSPS) is 12.2. The van der Waals surface area contributed by atoms with Gasteiger partial charge in [0.1, 0.15) is 10.8 Å². The monoisotopic (exact) mass is 519 g/mol. The zero-order valence-corrected chi connectivity index (χ0v) is 21.1. The number of anilines is 1. The highest BCUT2D eigenvalue weighted by Gasteiger charge is 2.29. The third-order valence-electron chi connectivity index (χ3n) is 5.54. The maximum absolute atomic E-state index is 12.4. The van der Waals surface area contributed by atoms with Crippen molar-refractivity contribution >= 4 is 46.3 Å². The van der Waals surface area contributed by atoms with E-state index in [0.29, 0.717) is 27.4 Å². The van der Waals surface area contributed by atoms with Crippen LogP contribution in [0.3, 0.4) is 0 Å². The second kappa shape index (κ2) is 11.6. The van der Waals surface area contributed by atoms with E-state index in [2.05, 4.69) is 15.8 Å². The van der Waals surface area contributed by atoms with Crippen LogP contribution in [0, 0.1) is 6.92 Å². The molecule has 0 radical (unpaired) electrons. The molecule has 10 heteroatoms. The highest BCUT2D eigenvalue weighted by atomic mass is 32.1. The quantitative estimate of drug-likeness (QED) is 0.160. The van der Waals surface area contributed by atoms with E-state index >= 15 is 0 Å². The number of fused-ring (bicyclic) bond motifs is 1. The number of esters is 2. The molecule has 0 spiro atoms. The molecule has 0 atom stereocenters. The van der Waals surface area contributed by atoms with Crippen molar-refractivity contribution in [2.45, 2.75) is 33.1 Å². The molecule has 1 aliphatic carbocycles. The Morgan fingerprint density at radius 3 is 2.62 bits per heavy atom. The Morgan fingerprint density at radius 1 is 1.03 bits per heavy atom. The molecule has 1 heterocycles. The molecule has 1 aliphatic rings. The van der Waals surface area contributed by atoms with Gasteiger partial charge in [-0.05, 0) is 68.5 Å². The highest BCUT2D eigenvalue weighted by molar-refractivity contribution is 7.17. The average molecular weight is 520 g/mol. The maximum Gasteiger partial charge on any atom is 0.343 e. The second-order valence-corrected chi connectivity index (χ2v) is 9.37. The van der Waals surface area contributed by atoms with E-state index in [0.717, 1.165) is 35.3 Å². The largest absolute Gasteiger partial charge is 0.462 e. The summed E-state index contributed by atoms with van der Waals surface area (Å²) in [6, 6.07) is 13.6. The van der Waals surface area contributed by atoms with Crippen LogP contribution in [0.4, 0.5) is 5.00 Å². The Morgan fingerprint density at radius 2 is 1.84 bits per heavy atom. The van der Waals surface area contributed by atoms with Crippen molar-refractivity contribution in [2.75, 3.05) is 11.9 Å². The molecule has 9 nitrogen and oxygen atoms in total. The number of nitrogens with one attached hydrogen (secondary N) is 2. The van der Waals surface area contributed by atoms with Crippen molar-refractivity contribution in [3.63, 3.8) is 0 Å². The number of amides is 2. The second-order valence-electron chi connectivity index (χ2n) is 8.27. The third kappa shape index (κ3) is 6.28. The average Bonchev–Trinajstić information content (AvgIpc) is 3.45. The van der Waals surface area contributed by atoms with Gasteiger partial charge in [-0.3, -0.25) is 9.59 Å². The molecule has 2 amide bonds. The van der Waals surface area contributed by atoms with Crippen LogP contribution in [0.5, 0.6) is 5.75 Å². The lowest BCUT2D eigenvalue weighted by Crippen LogP contribution is -2.32. The zero-order valence-electron chi connectivity index (χ0n) is 20.3. The number of hydrazone groups is 1. The Hall–Kier alpha value is -4.31. The standard InChI is InChI=1S/C27H25N3O6S/c1-3-35-27(34)22-20-11-6-12-21(20)37-25(22)29-23(31)24(32)30-28-15-17-8-5-10-19(14-17)36-26(33)18-9-4-7-16(2)13-18/h4-5,7-10,13-15H,3,6,11-12H2,1-2H3,(H,29,31)(H,30,32)/b28-15+. The molecule has 190 valence electrons. The van der Waals surface area contributed by atoms with Crippen LogP contribution < -0.4 is 15.5 Å². The summed E-state index contributed by atoms with van der Waals surface area (Å²) in [5, 5.41) is 6.63. The molecule has 3 aromatic rings. The molecule has 0 unspecified atom stereocenters. The minimum absolute atomic E-state index is 0.207. The number of carbonyl (C=O) groups excluding carboxylic acids is 4. The van der Waals surface area contributed by atoms with E-state index in [1.807, 2.05) is 13.0 Å². The summed E-state index contributed by atoms with van der Waals surface area (Å²) < 4.78 is 10.5. The van der Waals surface area contributed by atoms with Crippen LogP contribution >= 0.6 is 11.3 Å². The van der Waals surface area contributed by atoms with Crippen molar-refractivity contribution in [2.24, 2.45) is 5.10 Å². The van der Waals surface area contributed by atoms with Crippen molar-refractivity contribution in [1.29, 1.82) is 0 Å². The Labute approximate surface area is 217 Å². The Balaban J connectivity index is 1.36. The predicted molar refractivity (Wildman–Crippen MR) is 139 cm³/mol. The van der Waals surface area contributed by atoms with Gasteiger partial charge in [-0.15, -0.1) is 11.3 Å². The molecule has 1 aromatic heterocycles. The van der Waals surface area contributed by atoms with Crippen LogP contribution in [-0.4, -0.2) is 36.6 Å². The molecule has 4 rings (SSSR count). The summed E-state index contributed by atoms with van der Waals surface area (Å²) in [6.07, 6.45) is 3.80. The number of carbonyl (C=O) groups is 4. The third-order valence-corrected chi connectivity index (χ3v) is 6.74. The van der Waals surface area contributed by atoms with E-state index in [1.165, 1.54) is 17.6 Å². The summed E-state index contributed by atoms with van der Waals surface area (Å²) in [5.41, 5.74) is 5.27. The smallest absolute Gasteiger partial charge is 0.343 e. The summed E-state index contributed by atoms with van der Waals surface area (Å²) >= 11 is 1.28. The lowest BCUT2D eigenvalue weighted by atomic mass is 10.1. The minimum Gasteiger partial charge on any atom is -0.462 e. The number of nitrogens with zero attached hydrogens (tertiary/aromatic N) is 1. The van der Waals surface area contributed by atoms with Crippen molar-refractivity contribution in [3.05, 3.63) is 81.2 Å². The molecule has 0 saturated heterocycles. The number of benzene rings is 2. The first-order valence-corrected chi connectivity index (χ1v) is 12.5. The lowest BCUT2D eigenvalue weighted by Gasteiger charge is -2.07. The SMILES string of the molecule is CCOC(=O)c1c(NC(=O)C(=O)N/N=C/c2cccc(OC(=O)c3cccc(C)c3)c2)sc2c1CCC2. The Kier molecular flexibility index (Phi) is 8.09. The fourth-order valence-electron chi connectivity index (χ4n) is 3.88. The molecular weight excluding hydrogens is 494 g/mol. The lowest BCUT2D eigenvalue weighted by molar-refractivity contribution is -0.136. The van der Waals surface area contributed by atoms with E-state index in [-0.39, 0.29) is 6.61 Å². The molecule has 2 aromatic carbocycles. The van der Waals surface area contributed by atoms with Gasteiger partial charge in [0.05, 0.1) is 23.9 Å². The van der Waals surface area contributed by atoms with Crippen molar-refractivity contribution in [3.8, 4) is 5.75 Å². The Bertz CT molecular complexity index is 1390. The van der Waals surface area contributed by atoms with Gasteiger partial charge in [-0.25, -0.2) is 15.0 Å². The molecule has 0 saturated carbocycles. The van der Waals surface area contributed by atoms with Gasteiger partial charge < -0.3 is 14.8 Å². The maximum atomic E-state index is 12.4. The van der Waals surface area contributed by atoms with Gasteiger partial charge in [-0.1, -0.05) is 29.8 Å². The number of aryl methyl sites for hydroxylation is 2. The summed E-state index contributed by atoms with van der Waals surface area (Å²) in [7, 11) is 0. The fraction of sp³-hybridized carbons (Fsp3) is 0.222. The molecule has 0 aliphatic heterocycles. The van der Waals surface area contributed by atoms with Crippen molar-refractivity contribution in [1.82, 2.24) is 5.43 Å². The van der Waals surface area contributed by atoms with Crippen molar-refractivity contribution < 1.29 is 28.7 Å². The van der Waals surface area contributed by atoms with Gasteiger partial charge in [-0.2, -0.15) is 5.10 Å². The molecule has 2 N–H and O–H groups in total. The zero-order chi connectivity index (χ0) is 26.4. The first-order chi connectivity index (χ1) is 17.9. The predicted octanol–water partition coefficient (Wildman–Crippen LogP) is 4.03. The van der Waals surface area contributed by atoms with Crippen LogP contribution in [-0.2, 0) is 27.2 Å². The van der Waals surface area contributed by atoms with Gasteiger partial charge in [0, 0.05) is 4.88 Å². The van der Waals surface area contributed by atoms with Gasteiger partial charge in [0.25, 0.3) is 0 Å². The summed E-state index contributed by atoms with van der Waals surface area (Å²) in [6.45, 7) is 3.80. The molecule has 0 bridgehead atoms. The van der Waals surface area contributed by atoms with Crippen LogP contribution in [0.2, 0.25) is 0 Å². The summed E-state index contributed by atoms with van der Waals surface area (Å²) in [4.78, 5) is 50.6. The topological polar surface area (TPSA) is 123 Å². The van der Waals surface area contributed by atoms with E-state index < -0.39 is 23.8 Å². The summed E-state index contributed by atoms with van der Waals surface area (Å²) in [5.74, 6) is -2.66. The van der Waals surface area contributed by atoms with E-state index in [1.54, 1.807) is 49.4 Å². The van der Waals surface area contributed by atoms with Crippen LogP contribution in [0.25, 0.3) is 0 Å². The van der Waals surface area contributed by atoms with Gasteiger partial charge >= 0.3 is 23.8 Å². The number of ether oxygens (including phenoxy) is 2. The van der Waals surface area contributed by atoms with Gasteiger partial charge in [0.15, 0.2) is 0 Å². The van der Waals surface area contributed by atoms with Crippen LogP contribution in [0.1, 0.15) is 55.6 Å². The molecule has 0 fully saturated rings. The number of rotatable bonds is 7. The molecular formula is C27H25N3O6S. The minimum atomic E-state index is -0.998. The number of thiophene rings is 1. The van der Waals surface area contributed by atoms with Crippen LogP contribution in [0.15, 0.2) is 53.6 Å². The first-order valence-electron chi connectivity index (χ1n) is 11.7. The highest BCUT2D eigenvalue weighted by Crippen LogP contribution is 2.39. The number of hydrogen-bond acceptors (Lipinski definition) is 8. The van der Waals surface area contributed by atoms with Gasteiger partial charge in [0.2, 0.25) is 0 Å². The molecule has 37 heavy (non-hydrogen) atoms. The van der Waals surface area contributed by atoms with E-state index in [4.69, 9.17) is 9.47 Å². The number of hydrogen-bond donors (Lipinski definition) is 2. The first kappa shape index (κ1) is 25.8. The fourth-order valence-corrected chi connectivity index (χ4v) is 5.16. The van der Waals surface area contributed by atoms with E-state index in [9.17, 15) is 19.2 Å².